The Morgan fingerprint density at radius 1 is 0.750 bits per heavy atom. The summed E-state index contributed by atoms with van der Waals surface area (Å²) in [4.78, 5) is 15.8. The molecule has 5 rings (SSSR count). The second kappa shape index (κ2) is 8.80. The second-order valence-electron chi connectivity index (χ2n) is 8.26. The molecule has 4 aromatic carbocycles. The van der Waals surface area contributed by atoms with Gasteiger partial charge in [-0.1, -0.05) is 78.9 Å². The van der Waals surface area contributed by atoms with Gasteiger partial charge in [0.2, 0.25) is 0 Å². The molecule has 158 valence electrons. The van der Waals surface area contributed by atoms with Crippen molar-refractivity contribution in [2.24, 2.45) is 0 Å². The van der Waals surface area contributed by atoms with E-state index < -0.39 is 0 Å². The Bertz CT molecular complexity index is 1250. The van der Waals surface area contributed by atoms with Crippen LogP contribution in [0.25, 0.3) is 11.1 Å². The topological polar surface area (TPSA) is 20.3 Å². The molecule has 0 fully saturated rings. The smallest absolute Gasteiger partial charge is 0.254 e. The van der Waals surface area contributed by atoms with Gasteiger partial charge < -0.3 is 4.90 Å². The Balaban J connectivity index is 1.47. The number of hydrogen-bond acceptors (Lipinski definition) is 1. The molecule has 0 unspecified atom stereocenters. The van der Waals surface area contributed by atoms with E-state index in [1.807, 2.05) is 53.4 Å². The summed E-state index contributed by atoms with van der Waals surface area (Å²) in [5, 5.41) is 0. The number of rotatable bonds is 6. The van der Waals surface area contributed by atoms with Gasteiger partial charge in [0.1, 0.15) is 5.82 Å². The first-order chi connectivity index (χ1) is 15.7. The molecular weight excluding hydrogens is 397 g/mol. The van der Waals surface area contributed by atoms with E-state index in [-0.39, 0.29) is 11.7 Å². The summed E-state index contributed by atoms with van der Waals surface area (Å²) in [5.74, 6) is -0.214. The van der Waals surface area contributed by atoms with Crippen molar-refractivity contribution in [3.05, 3.63) is 131 Å². The zero-order valence-corrected chi connectivity index (χ0v) is 17.8. The average Bonchev–Trinajstić information content (AvgIpc) is 3.22. The first-order valence-corrected chi connectivity index (χ1v) is 11.0. The standard InChI is InChI=1S/C29H24FNO/c30-25-15-13-21(14-16-25)17-18-31(20-22-7-2-1-3-8-22)29(32)27-12-6-10-24-19-23-9-4-5-11-26(23)28(24)27/h1-16H,17-20H2. The zero-order chi connectivity index (χ0) is 21.9. The van der Waals surface area contributed by atoms with Crippen molar-refractivity contribution in [3.63, 3.8) is 0 Å². The summed E-state index contributed by atoms with van der Waals surface area (Å²) in [5.41, 5.74) is 7.55. The zero-order valence-electron chi connectivity index (χ0n) is 17.8. The molecule has 1 amide bonds. The van der Waals surface area contributed by atoms with Crippen LogP contribution >= 0.6 is 0 Å². The molecule has 0 bridgehead atoms. The number of fused-ring (bicyclic) bond motifs is 3. The van der Waals surface area contributed by atoms with Gasteiger partial charge in [-0.15, -0.1) is 0 Å². The van der Waals surface area contributed by atoms with E-state index in [4.69, 9.17) is 0 Å². The normalized spacial score (nSPS) is 11.7. The molecule has 2 nitrogen and oxygen atoms in total. The molecular formula is C29H24FNO. The third kappa shape index (κ3) is 4.06. The Hall–Kier alpha value is -3.72. The van der Waals surface area contributed by atoms with Crippen LogP contribution in [0.2, 0.25) is 0 Å². The van der Waals surface area contributed by atoms with Crippen LogP contribution in [-0.4, -0.2) is 17.4 Å². The maximum atomic E-state index is 13.9. The van der Waals surface area contributed by atoms with E-state index in [1.54, 1.807) is 12.1 Å². The lowest BCUT2D eigenvalue weighted by Gasteiger charge is -2.24. The summed E-state index contributed by atoms with van der Waals surface area (Å²) < 4.78 is 13.3. The van der Waals surface area contributed by atoms with Crippen molar-refractivity contribution in [1.29, 1.82) is 0 Å². The molecule has 3 heteroatoms. The molecule has 0 N–H and O–H groups in total. The monoisotopic (exact) mass is 421 g/mol. The Morgan fingerprint density at radius 2 is 1.47 bits per heavy atom. The fourth-order valence-electron chi connectivity index (χ4n) is 4.51. The van der Waals surface area contributed by atoms with Crippen LogP contribution in [0.15, 0.2) is 97.1 Å². The Labute approximate surface area is 188 Å². The van der Waals surface area contributed by atoms with Crippen LogP contribution < -0.4 is 0 Å². The molecule has 32 heavy (non-hydrogen) atoms. The molecule has 0 atom stereocenters. The third-order valence-electron chi connectivity index (χ3n) is 6.14. The summed E-state index contributed by atoms with van der Waals surface area (Å²) in [7, 11) is 0. The summed E-state index contributed by atoms with van der Waals surface area (Å²) in [6, 6.07) is 31.0. The van der Waals surface area contributed by atoms with Gasteiger partial charge in [-0.3, -0.25) is 4.79 Å². The molecule has 0 spiro atoms. The molecule has 1 aliphatic rings. The molecule has 4 aromatic rings. The summed E-state index contributed by atoms with van der Waals surface area (Å²) >= 11 is 0. The van der Waals surface area contributed by atoms with E-state index in [1.165, 1.54) is 23.3 Å². The fraction of sp³-hybridized carbons (Fsp3) is 0.138. The highest BCUT2D eigenvalue weighted by Gasteiger charge is 2.26. The van der Waals surface area contributed by atoms with Gasteiger partial charge in [-0.2, -0.15) is 0 Å². The molecule has 0 heterocycles. The predicted octanol–water partition coefficient (Wildman–Crippen LogP) is 6.28. The molecule has 0 aromatic heterocycles. The molecule has 1 aliphatic carbocycles. The maximum absolute atomic E-state index is 13.9. The van der Waals surface area contributed by atoms with Crippen LogP contribution in [0.4, 0.5) is 4.39 Å². The van der Waals surface area contributed by atoms with Crippen LogP contribution in [0.3, 0.4) is 0 Å². The Kier molecular flexibility index (Phi) is 5.55. The van der Waals surface area contributed by atoms with Gasteiger partial charge in [-0.05, 0) is 64.4 Å². The van der Waals surface area contributed by atoms with Gasteiger partial charge in [0.25, 0.3) is 5.91 Å². The second-order valence-corrected chi connectivity index (χ2v) is 8.26. The van der Waals surface area contributed by atoms with Gasteiger partial charge in [0.15, 0.2) is 0 Å². The van der Waals surface area contributed by atoms with Crippen molar-refractivity contribution in [1.82, 2.24) is 4.90 Å². The lowest BCUT2D eigenvalue weighted by Crippen LogP contribution is -2.33. The number of halogens is 1. The lowest BCUT2D eigenvalue weighted by atomic mass is 9.98. The number of carbonyl (C=O) groups is 1. The summed E-state index contributed by atoms with van der Waals surface area (Å²) in [6.45, 7) is 1.09. The van der Waals surface area contributed by atoms with Gasteiger partial charge in [0, 0.05) is 18.7 Å². The maximum Gasteiger partial charge on any atom is 0.254 e. The number of nitrogens with zero attached hydrogens (tertiary/aromatic N) is 1. The van der Waals surface area contributed by atoms with E-state index >= 15 is 0 Å². The number of benzene rings is 4. The SMILES string of the molecule is O=C(c1cccc2c1-c1ccccc1C2)N(CCc1ccc(F)cc1)Cc1ccccc1. The van der Waals surface area contributed by atoms with E-state index in [2.05, 4.69) is 24.3 Å². The van der Waals surface area contributed by atoms with E-state index in [0.29, 0.717) is 19.5 Å². The van der Waals surface area contributed by atoms with Gasteiger partial charge >= 0.3 is 0 Å². The Morgan fingerprint density at radius 3 is 2.28 bits per heavy atom. The lowest BCUT2D eigenvalue weighted by molar-refractivity contribution is 0.0746. The number of carbonyl (C=O) groups excluding carboxylic acids is 1. The van der Waals surface area contributed by atoms with E-state index in [0.717, 1.165) is 34.2 Å². The van der Waals surface area contributed by atoms with Crippen LogP contribution in [-0.2, 0) is 19.4 Å². The highest BCUT2D eigenvalue weighted by atomic mass is 19.1. The fourth-order valence-corrected chi connectivity index (χ4v) is 4.51. The quantitative estimate of drug-likeness (QED) is 0.316. The first kappa shape index (κ1) is 20.2. The molecule has 0 saturated carbocycles. The van der Waals surface area contributed by atoms with Crippen LogP contribution in [0.1, 0.15) is 32.6 Å². The van der Waals surface area contributed by atoms with Crippen molar-refractivity contribution in [2.45, 2.75) is 19.4 Å². The average molecular weight is 422 g/mol. The molecule has 0 radical (unpaired) electrons. The molecule has 0 saturated heterocycles. The van der Waals surface area contributed by atoms with Crippen molar-refractivity contribution in [3.8, 4) is 11.1 Å². The first-order valence-electron chi connectivity index (χ1n) is 11.0. The van der Waals surface area contributed by atoms with Crippen molar-refractivity contribution < 1.29 is 9.18 Å². The third-order valence-corrected chi connectivity index (χ3v) is 6.14. The minimum atomic E-state index is -0.246. The van der Waals surface area contributed by atoms with Crippen molar-refractivity contribution in [2.75, 3.05) is 6.54 Å². The van der Waals surface area contributed by atoms with Crippen molar-refractivity contribution >= 4 is 5.91 Å². The minimum Gasteiger partial charge on any atom is -0.334 e. The molecule has 0 aliphatic heterocycles. The minimum absolute atomic E-state index is 0.0320. The van der Waals surface area contributed by atoms with Crippen LogP contribution in [0.5, 0.6) is 0 Å². The van der Waals surface area contributed by atoms with Crippen LogP contribution in [0, 0.1) is 5.82 Å². The number of amides is 1. The van der Waals surface area contributed by atoms with Gasteiger partial charge in [-0.25, -0.2) is 4.39 Å². The van der Waals surface area contributed by atoms with Gasteiger partial charge in [0.05, 0.1) is 0 Å². The summed E-state index contributed by atoms with van der Waals surface area (Å²) in [6.07, 6.45) is 1.53. The number of hydrogen-bond donors (Lipinski definition) is 0. The van der Waals surface area contributed by atoms with E-state index in [9.17, 15) is 9.18 Å². The largest absolute Gasteiger partial charge is 0.334 e. The predicted molar refractivity (Wildman–Crippen MR) is 126 cm³/mol. The highest BCUT2D eigenvalue weighted by molar-refractivity contribution is 6.03. The highest BCUT2D eigenvalue weighted by Crippen LogP contribution is 2.39.